The molecule has 0 spiro atoms. The molecule has 0 radical (unpaired) electrons. The van der Waals surface area contributed by atoms with Crippen molar-refractivity contribution >= 4 is 34.9 Å². The van der Waals surface area contributed by atoms with Crippen LogP contribution < -0.4 is 25.3 Å². The van der Waals surface area contributed by atoms with Gasteiger partial charge < -0.3 is 25.3 Å². The minimum atomic E-state index is -0.698. The summed E-state index contributed by atoms with van der Waals surface area (Å²) < 4.78 is 30.5. The SMILES string of the molecule is COc1cc(CNC(=O)c2ccc(-c3cnc(N)c(OC(C)c4c(Cl)ccc(F)c4Cl)c3)cc2)cc(OC)c1. The topological polar surface area (TPSA) is 95.7 Å². The molecular weight excluding hydrogens is 544 g/mol. The molecule has 3 N–H and O–H groups in total. The standard InChI is InChI=1S/C29H26Cl2FN3O4/c1-16(26-23(30)8-9-24(32)27(26)31)39-25-12-20(15-34-28(25)33)18-4-6-19(7-5-18)29(36)35-14-17-10-21(37-2)13-22(11-17)38-3/h4-13,15-16H,14H2,1-3H3,(H2,33,34)(H,35,36). The number of carbonyl (C=O) groups is 1. The smallest absolute Gasteiger partial charge is 0.251 e. The molecule has 202 valence electrons. The Bertz CT molecular complexity index is 1480. The van der Waals surface area contributed by atoms with Crippen LogP contribution in [0.5, 0.6) is 17.2 Å². The molecule has 3 aromatic carbocycles. The minimum Gasteiger partial charge on any atom is -0.497 e. The number of halogens is 3. The Kier molecular flexibility index (Phi) is 8.79. The number of nitrogens with one attached hydrogen (secondary N) is 1. The fourth-order valence-electron chi connectivity index (χ4n) is 3.94. The van der Waals surface area contributed by atoms with Gasteiger partial charge in [0.2, 0.25) is 0 Å². The summed E-state index contributed by atoms with van der Waals surface area (Å²) in [6.07, 6.45) is 0.899. The number of benzene rings is 3. The summed E-state index contributed by atoms with van der Waals surface area (Å²) in [5, 5.41) is 3.06. The van der Waals surface area contributed by atoms with E-state index in [0.717, 1.165) is 11.1 Å². The highest BCUT2D eigenvalue weighted by atomic mass is 35.5. The van der Waals surface area contributed by atoms with Gasteiger partial charge in [-0.1, -0.05) is 35.3 Å². The van der Waals surface area contributed by atoms with Crippen molar-refractivity contribution in [2.24, 2.45) is 0 Å². The van der Waals surface area contributed by atoms with E-state index in [1.807, 2.05) is 12.1 Å². The Morgan fingerprint density at radius 2 is 1.67 bits per heavy atom. The van der Waals surface area contributed by atoms with Gasteiger partial charge in [-0.3, -0.25) is 4.79 Å². The van der Waals surface area contributed by atoms with Crippen LogP contribution in [0.4, 0.5) is 10.2 Å². The van der Waals surface area contributed by atoms with Gasteiger partial charge in [0.25, 0.3) is 5.91 Å². The van der Waals surface area contributed by atoms with Crippen molar-refractivity contribution in [3.8, 4) is 28.4 Å². The highest BCUT2D eigenvalue weighted by Crippen LogP contribution is 2.37. The maximum Gasteiger partial charge on any atom is 0.251 e. The quantitative estimate of drug-likeness (QED) is 0.214. The number of hydrogen-bond acceptors (Lipinski definition) is 6. The predicted octanol–water partition coefficient (Wildman–Crippen LogP) is 6.86. The van der Waals surface area contributed by atoms with Crippen molar-refractivity contribution in [3.05, 3.63) is 99.4 Å². The molecule has 1 atom stereocenters. The predicted molar refractivity (Wildman–Crippen MR) is 150 cm³/mol. The van der Waals surface area contributed by atoms with E-state index >= 15 is 0 Å². The first-order valence-electron chi connectivity index (χ1n) is 11.9. The number of nitrogens with two attached hydrogens (primary N) is 1. The molecule has 4 rings (SSSR count). The number of rotatable bonds is 9. The van der Waals surface area contributed by atoms with Gasteiger partial charge in [-0.2, -0.15) is 0 Å². The van der Waals surface area contributed by atoms with Crippen molar-refractivity contribution in [1.29, 1.82) is 0 Å². The third-order valence-electron chi connectivity index (χ3n) is 6.02. The number of pyridine rings is 1. The maximum absolute atomic E-state index is 14.0. The lowest BCUT2D eigenvalue weighted by atomic mass is 10.0. The number of nitrogens with zero attached hydrogens (tertiary/aromatic N) is 1. The number of carbonyl (C=O) groups excluding carboxylic acids is 1. The van der Waals surface area contributed by atoms with Gasteiger partial charge in [0.05, 0.1) is 19.2 Å². The Morgan fingerprint density at radius 3 is 2.31 bits per heavy atom. The van der Waals surface area contributed by atoms with Gasteiger partial charge in [0.1, 0.15) is 23.4 Å². The minimum absolute atomic E-state index is 0.114. The van der Waals surface area contributed by atoms with Gasteiger partial charge >= 0.3 is 0 Å². The van der Waals surface area contributed by atoms with E-state index in [2.05, 4.69) is 10.3 Å². The Labute approximate surface area is 235 Å². The molecule has 0 fully saturated rings. The first-order chi connectivity index (χ1) is 18.7. The molecule has 0 aliphatic heterocycles. The van der Waals surface area contributed by atoms with E-state index in [1.54, 1.807) is 63.7 Å². The van der Waals surface area contributed by atoms with Gasteiger partial charge in [-0.05, 0) is 60.5 Å². The number of ether oxygens (including phenoxy) is 3. The average molecular weight is 570 g/mol. The second-order valence-electron chi connectivity index (χ2n) is 8.61. The Morgan fingerprint density at radius 1 is 1.00 bits per heavy atom. The summed E-state index contributed by atoms with van der Waals surface area (Å²) >= 11 is 12.4. The fourth-order valence-corrected chi connectivity index (χ4v) is 4.62. The summed E-state index contributed by atoms with van der Waals surface area (Å²) in [7, 11) is 3.14. The first-order valence-corrected chi connectivity index (χ1v) is 12.6. The van der Waals surface area contributed by atoms with Gasteiger partial charge in [-0.15, -0.1) is 0 Å². The molecule has 10 heteroatoms. The third-order valence-corrected chi connectivity index (χ3v) is 6.73. The molecule has 0 saturated carbocycles. The summed E-state index contributed by atoms with van der Waals surface area (Å²) in [4.78, 5) is 17.0. The number of aromatic nitrogens is 1. The first kappa shape index (κ1) is 28.0. The number of anilines is 1. The zero-order valence-electron chi connectivity index (χ0n) is 21.4. The van der Waals surface area contributed by atoms with E-state index in [0.29, 0.717) is 34.7 Å². The van der Waals surface area contributed by atoms with E-state index < -0.39 is 11.9 Å². The molecule has 0 aliphatic carbocycles. The highest BCUT2D eigenvalue weighted by Gasteiger charge is 2.20. The van der Waals surface area contributed by atoms with Crippen LogP contribution in [0.25, 0.3) is 11.1 Å². The summed E-state index contributed by atoms with van der Waals surface area (Å²) in [5.41, 5.74) is 9.17. The number of amides is 1. The van der Waals surface area contributed by atoms with E-state index in [9.17, 15) is 9.18 Å². The molecule has 0 bridgehead atoms. The highest BCUT2D eigenvalue weighted by molar-refractivity contribution is 6.36. The summed E-state index contributed by atoms with van der Waals surface area (Å²) in [6, 6.07) is 16.8. The molecule has 0 aliphatic rings. The molecule has 4 aromatic rings. The second kappa shape index (κ2) is 12.2. The monoisotopic (exact) mass is 569 g/mol. The molecule has 0 saturated heterocycles. The van der Waals surface area contributed by atoms with Crippen LogP contribution >= 0.6 is 23.2 Å². The lowest BCUT2D eigenvalue weighted by Crippen LogP contribution is -2.22. The number of nitrogen functional groups attached to an aromatic ring is 1. The zero-order valence-corrected chi connectivity index (χ0v) is 22.9. The largest absolute Gasteiger partial charge is 0.497 e. The van der Waals surface area contributed by atoms with Gasteiger partial charge in [-0.25, -0.2) is 9.37 Å². The van der Waals surface area contributed by atoms with Crippen LogP contribution in [-0.2, 0) is 6.54 Å². The number of hydrogen-bond donors (Lipinski definition) is 2. The molecule has 7 nitrogen and oxygen atoms in total. The van der Waals surface area contributed by atoms with Crippen LogP contribution in [0.1, 0.15) is 34.5 Å². The van der Waals surface area contributed by atoms with Crippen molar-refractivity contribution in [1.82, 2.24) is 10.3 Å². The fraction of sp³-hybridized carbons (Fsp3) is 0.172. The van der Waals surface area contributed by atoms with Crippen molar-refractivity contribution in [2.75, 3.05) is 20.0 Å². The summed E-state index contributed by atoms with van der Waals surface area (Å²) in [5.74, 6) is 0.880. The maximum atomic E-state index is 14.0. The van der Waals surface area contributed by atoms with Gasteiger partial charge in [0.15, 0.2) is 11.6 Å². The van der Waals surface area contributed by atoms with Crippen LogP contribution in [0.15, 0.2) is 66.9 Å². The molecular formula is C29H26Cl2FN3O4. The molecule has 39 heavy (non-hydrogen) atoms. The molecule has 1 aromatic heterocycles. The Balaban J connectivity index is 1.47. The van der Waals surface area contributed by atoms with Crippen molar-refractivity contribution < 1.29 is 23.4 Å². The Hall–Kier alpha value is -4.01. The van der Waals surface area contributed by atoms with E-state index in [1.165, 1.54) is 12.1 Å². The van der Waals surface area contributed by atoms with Crippen LogP contribution in [0.2, 0.25) is 10.0 Å². The zero-order chi connectivity index (χ0) is 28.1. The normalized spacial score (nSPS) is 11.5. The van der Waals surface area contributed by atoms with Crippen molar-refractivity contribution in [3.63, 3.8) is 0 Å². The second-order valence-corrected chi connectivity index (χ2v) is 9.39. The van der Waals surface area contributed by atoms with E-state index in [-0.39, 0.29) is 27.5 Å². The van der Waals surface area contributed by atoms with Crippen LogP contribution in [0, 0.1) is 5.82 Å². The third kappa shape index (κ3) is 6.53. The lowest BCUT2D eigenvalue weighted by Gasteiger charge is -2.19. The van der Waals surface area contributed by atoms with Crippen LogP contribution in [-0.4, -0.2) is 25.1 Å². The molecule has 1 amide bonds. The molecule has 1 heterocycles. The average Bonchev–Trinajstić information content (AvgIpc) is 2.95. The molecule has 1 unspecified atom stereocenters. The lowest BCUT2D eigenvalue weighted by molar-refractivity contribution is 0.0951. The van der Waals surface area contributed by atoms with Crippen LogP contribution in [0.3, 0.4) is 0 Å². The summed E-state index contributed by atoms with van der Waals surface area (Å²) in [6.45, 7) is 1.99. The number of methoxy groups -OCH3 is 2. The van der Waals surface area contributed by atoms with E-state index in [4.69, 9.17) is 43.1 Å². The van der Waals surface area contributed by atoms with Gasteiger partial charge in [0, 0.05) is 40.5 Å². The van der Waals surface area contributed by atoms with Crippen molar-refractivity contribution in [2.45, 2.75) is 19.6 Å².